The lowest BCUT2D eigenvalue weighted by atomic mass is 10.1. The summed E-state index contributed by atoms with van der Waals surface area (Å²) in [5.74, 6) is 0. The number of benzene rings is 4. The van der Waals surface area contributed by atoms with E-state index >= 15 is 0 Å². The van der Waals surface area contributed by atoms with Gasteiger partial charge in [-0.3, -0.25) is 0 Å². The monoisotopic (exact) mass is 520 g/mol. The summed E-state index contributed by atoms with van der Waals surface area (Å²) in [7, 11) is 0. The molecule has 2 aromatic heterocycles. The highest BCUT2D eigenvalue weighted by Gasteiger charge is 2.21. The van der Waals surface area contributed by atoms with Crippen LogP contribution in [0.25, 0.3) is 22.1 Å². The lowest BCUT2D eigenvalue weighted by molar-refractivity contribution is -0.664. The van der Waals surface area contributed by atoms with Gasteiger partial charge in [-0.25, -0.2) is 18.3 Å². The van der Waals surface area contributed by atoms with Gasteiger partial charge in [0.1, 0.15) is 26.2 Å². The summed E-state index contributed by atoms with van der Waals surface area (Å²) in [5, 5.41) is 0. The quantitative estimate of drug-likeness (QED) is 0.237. The first-order valence-corrected chi connectivity index (χ1v) is 12.8. The molecule has 0 N–H and O–H groups in total. The van der Waals surface area contributed by atoms with Crippen LogP contribution >= 0.6 is 15.9 Å². The van der Waals surface area contributed by atoms with E-state index in [4.69, 9.17) is 0 Å². The van der Waals surface area contributed by atoms with Gasteiger partial charge in [-0.1, -0.05) is 60.7 Å². The fraction of sp³-hybridized carbons (Fsp3) is 0.133. The topological polar surface area (TPSA) is 17.6 Å². The van der Waals surface area contributed by atoms with Crippen molar-refractivity contribution in [2.24, 2.45) is 0 Å². The number of imidazole rings is 2. The lowest BCUT2D eigenvalue weighted by Gasteiger charge is -2.08. The maximum Gasteiger partial charge on any atom is 0.245 e. The third-order valence-corrected chi connectivity index (χ3v) is 8.11. The summed E-state index contributed by atoms with van der Waals surface area (Å²) < 4.78 is 10.7. The van der Waals surface area contributed by atoms with Crippen LogP contribution in [0, 0.1) is 0 Å². The van der Waals surface area contributed by atoms with Gasteiger partial charge < -0.3 is 0 Å². The molecule has 3 heterocycles. The number of halogens is 1. The zero-order valence-electron chi connectivity index (χ0n) is 19.3. The molecule has 0 amide bonds. The Morgan fingerprint density at radius 1 is 0.571 bits per heavy atom. The third-order valence-electron chi connectivity index (χ3n) is 7.10. The van der Waals surface area contributed by atoms with Gasteiger partial charge in [0.2, 0.25) is 12.7 Å². The Morgan fingerprint density at radius 2 is 1.06 bits per heavy atom. The zero-order chi connectivity index (χ0) is 23.4. The molecule has 170 valence electrons. The summed E-state index contributed by atoms with van der Waals surface area (Å²) in [6, 6.07) is 33.1. The fourth-order valence-electron chi connectivity index (χ4n) is 5.45. The number of para-hydroxylation sites is 4. The van der Waals surface area contributed by atoms with Crippen LogP contribution in [0.2, 0.25) is 0 Å². The van der Waals surface area contributed by atoms with Crippen molar-refractivity contribution in [3.8, 4) is 0 Å². The van der Waals surface area contributed by atoms with E-state index in [0.29, 0.717) is 0 Å². The molecular formula is C30H25BrN4+2. The van der Waals surface area contributed by atoms with Crippen molar-refractivity contribution in [1.82, 2.24) is 9.13 Å². The molecule has 8 bridgehead atoms. The molecule has 0 aliphatic carbocycles. The highest BCUT2D eigenvalue weighted by atomic mass is 79.9. The van der Waals surface area contributed by atoms with Crippen LogP contribution in [0.3, 0.4) is 0 Å². The van der Waals surface area contributed by atoms with Crippen molar-refractivity contribution < 1.29 is 9.13 Å². The van der Waals surface area contributed by atoms with Gasteiger partial charge >= 0.3 is 0 Å². The number of aromatic nitrogens is 4. The minimum Gasteiger partial charge on any atom is -0.226 e. The zero-order valence-corrected chi connectivity index (χ0v) is 20.9. The second kappa shape index (κ2) is 8.21. The normalized spacial score (nSPS) is 13.4. The van der Waals surface area contributed by atoms with E-state index < -0.39 is 0 Å². The van der Waals surface area contributed by atoms with E-state index in [2.05, 4.69) is 138 Å². The summed E-state index contributed by atoms with van der Waals surface area (Å²) in [6.45, 7) is 3.31. The smallest absolute Gasteiger partial charge is 0.226 e. The third kappa shape index (κ3) is 3.58. The van der Waals surface area contributed by atoms with Gasteiger partial charge in [0.05, 0.1) is 0 Å². The van der Waals surface area contributed by atoms with Crippen molar-refractivity contribution in [2.75, 3.05) is 0 Å². The van der Waals surface area contributed by atoms with E-state index in [0.717, 1.165) is 26.2 Å². The van der Waals surface area contributed by atoms with Crippen LogP contribution in [0.5, 0.6) is 0 Å². The highest BCUT2D eigenvalue weighted by molar-refractivity contribution is 9.10. The van der Waals surface area contributed by atoms with Crippen LogP contribution in [0.1, 0.15) is 22.3 Å². The molecule has 0 saturated heterocycles. The molecule has 0 radical (unpaired) electrons. The molecule has 1 aliphatic heterocycles. The molecule has 0 atom stereocenters. The van der Waals surface area contributed by atoms with E-state index in [9.17, 15) is 0 Å². The predicted octanol–water partition coefficient (Wildman–Crippen LogP) is 5.44. The first kappa shape index (κ1) is 20.7. The van der Waals surface area contributed by atoms with E-state index in [1.165, 1.54) is 48.8 Å². The molecule has 0 unspecified atom stereocenters. The number of hydrogen-bond acceptors (Lipinski definition) is 0. The van der Waals surface area contributed by atoms with Crippen molar-refractivity contribution >= 4 is 38.0 Å². The summed E-state index contributed by atoms with van der Waals surface area (Å²) in [6.07, 6.45) is 4.53. The standard InChI is InChI=1S/C30H25BrN4/c31-30-24-9-6-10-25(30)19-35-21-33(27-12-2-4-14-29(27)35)17-23-8-5-7-22(15-23)16-32-20-34(18-24)28-13-3-1-11-26(28)32/h1-15,20-21H,16-19H2/q+2. The van der Waals surface area contributed by atoms with E-state index in [-0.39, 0.29) is 0 Å². The van der Waals surface area contributed by atoms with Gasteiger partial charge in [0, 0.05) is 15.6 Å². The minimum atomic E-state index is 0.814. The molecule has 4 nitrogen and oxygen atoms in total. The summed E-state index contributed by atoms with van der Waals surface area (Å²) >= 11 is 3.97. The molecule has 7 rings (SSSR count). The number of hydrogen-bond donors (Lipinski definition) is 0. The van der Waals surface area contributed by atoms with Crippen molar-refractivity contribution in [3.63, 3.8) is 0 Å². The van der Waals surface area contributed by atoms with Gasteiger partial charge in [-0.15, -0.1) is 0 Å². The Balaban J connectivity index is 1.46. The largest absolute Gasteiger partial charge is 0.245 e. The van der Waals surface area contributed by atoms with Gasteiger partial charge in [-0.2, -0.15) is 0 Å². The fourth-order valence-corrected chi connectivity index (χ4v) is 5.97. The Labute approximate surface area is 212 Å². The SMILES string of the molecule is Brc1c2cccc1Cn1c[n+](c3ccccc31)Cc1cccc(c1)C[n+]1cn(c3ccccc31)C2. The molecule has 0 fully saturated rings. The number of rotatable bonds is 0. The first-order valence-electron chi connectivity index (χ1n) is 12.0. The minimum absolute atomic E-state index is 0.814. The number of fused-ring (bicyclic) bond motifs is 14. The predicted molar refractivity (Wildman–Crippen MR) is 141 cm³/mol. The van der Waals surface area contributed by atoms with Crippen molar-refractivity contribution in [1.29, 1.82) is 0 Å². The van der Waals surface area contributed by atoms with Crippen LogP contribution < -0.4 is 9.13 Å². The van der Waals surface area contributed by atoms with E-state index in [1.54, 1.807) is 0 Å². The lowest BCUT2D eigenvalue weighted by Crippen LogP contribution is -2.34. The molecule has 35 heavy (non-hydrogen) atoms. The Kier molecular flexibility index (Phi) is 4.84. The van der Waals surface area contributed by atoms with Crippen molar-refractivity contribution in [3.05, 3.63) is 130 Å². The average molecular weight is 521 g/mol. The van der Waals surface area contributed by atoms with Crippen molar-refractivity contribution in [2.45, 2.75) is 26.2 Å². The van der Waals surface area contributed by atoms with Crippen LogP contribution in [-0.2, 0) is 26.2 Å². The Morgan fingerprint density at radius 3 is 1.60 bits per heavy atom. The van der Waals surface area contributed by atoms with Gasteiger partial charge in [0.15, 0.2) is 22.1 Å². The van der Waals surface area contributed by atoms with Gasteiger partial charge in [-0.05, 0) is 57.4 Å². The van der Waals surface area contributed by atoms with Crippen LogP contribution in [0.4, 0.5) is 0 Å². The highest BCUT2D eigenvalue weighted by Crippen LogP contribution is 2.26. The first-order chi connectivity index (χ1) is 17.2. The number of nitrogens with zero attached hydrogens (tertiary/aromatic N) is 4. The van der Waals surface area contributed by atoms with Crippen LogP contribution in [-0.4, -0.2) is 9.13 Å². The molecule has 4 aromatic carbocycles. The molecule has 1 aliphatic rings. The average Bonchev–Trinajstić information content (AvgIpc) is 3.40. The summed E-state index contributed by atoms with van der Waals surface area (Å²) in [4.78, 5) is 0. The Bertz CT molecular complexity index is 1610. The second-order valence-corrected chi connectivity index (χ2v) is 10.2. The van der Waals surface area contributed by atoms with Gasteiger partial charge in [0.25, 0.3) is 0 Å². The molecule has 0 spiro atoms. The molecular weight excluding hydrogens is 496 g/mol. The Hall–Kier alpha value is -3.70. The molecule has 5 heteroatoms. The second-order valence-electron chi connectivity index (χ2n) is 9.43. The van der Waals surface area contributed by atoms with Crippen LogP contribution in [0.15, 0.2) is 108 Å². The maximum absolute atomic E-state index is 3.97. The maximum atomic E-state index is 3.97. The molecule has 0 saturated carbocycles. The molecule has 6 aromatic rings. The van der Waals surface area contributed by atoms with E-state index in [1.807, 2.05) is 0 Å². The summed E-state index contributed by atoms with van der Waals surface area (Å²) in [5.41, 5.74) is 10.2.